The van der Waals surface area contributed by atoms with Crippen molar-refractivity contribution in [2.45, 2.75) is 0 Å². The van der Waals surface area contributed by atoms with Crippen molar-refractivity contribution in [3.8, 4) is 17.2 Å². The number of anilines is 2. The maximum Gasteiger partial charge on any atom is 0.224 e. The van der Waals surface area contributed by atoms with Crippen LogP contribution in [0.5, 0.6) is 0 Å². The van der Waals surface area contributed by atoms with Crippen molar-refractivity contribution in [1.29, 1.82) is 5.26 Å². The minimum atomic E-state index is -0.741. The van der Waals surface area contributed by atoms with Gasteiger partial charge in [0.2, 0.25) is 5.28 Å². The average Bonchev–Trinajstić information content (AvgIpc) is 2.60. The molecule has 0 atom stereocenters. The van der Waals surface area contributed by atoms with Gasteiger partial charge in [-0.2, -0.15) is 10.2 Å². The number of nitrogens with zero attached hydrogens (tertiary/aromatic N) is 3. The fourth-order valence-electron chi connectivity index (χ4n) is 2.09. The molecule has 1 N–H and O–H groups in total. The van der Waals surface area contributed by atoms with Gasteiger partial charge in [0.05, 0.1) is 23.5 Å². The molecule has 0 amide bonds. The van der Waals surface area contributed by atoms with Crippen molar-refractivity contribution < 1.29 is 8.78 Å². The van der Waals surface area contributed by atoms with Crippen LogP contribution in [-0.4, -0.2) is 9.97 Å². The van der Waals surface area contributed by atoms with Crippen LogP contribution in [-0.2, 0) is 0 Å². The number of nitrogens with one attached hydrogen (secondary N) is 1. The molecule has 118 valence electrons. The Hall–Kier alpha value is -3.04. The standard InChI is InChI=1S/C17H9ClF2N4/c18-17-22-9-14(20)16(24-17)23-15-6-5-12(7-13(15)19)11-3-1-10(8-21)2-4-11/h1-7,9H,(H,22,23,24). The lowest BCUT2D eigenvalue weighted by Gasteiger charge is -2.09. The Morgan fingerprint density at radius 1 is 1.00 bits per heavy atom. The summed E-state index contributed by atoms with van der Waals surface area (Å²) in [6, 6.07) is 13.2. The molecule has 0 fully saturated rings. The molecule has 0 bridgehead atoms. The Morgan fingerprint density at radius 2 is 1.71 bits per heavy atom. The first-order valence-electron chi connectivity index (χ1n) is 6.82. The lowest BCUT2D eigenvalue weighted by molar-refractivity contribution is 0.615. The quantitative estimate of drug-likeness (QED) is 0.701. The van der Waals surface area contributed by atoms with Crippen molar-refractivity contribution >= 4 is 23.1 Å². The smallest absolute Gasteiger partial charge is 0.224 e. The molecule has 0 saturated carbocycles. The normalized spacial score (nSPS) is 10.2. The van der Waals surface area contributed by atoms with E-state index in [1.807, 2.05) is 6.07 Å². The molecule has 0 aliphatic heterocycles. The molecule has 2 aromatic carbocycles. The zero-order valence-electron chi connectivity index (χ0n) is 12.1. The van der Waals surface area contributed by atoms with Crippen LogP contribution in [0.1, 0.15) is 5.56 Å². The minimum absolute atomic E-state index is 0.0565. The van der Waals surface area contributed by atoms with Gasteiger partial charge in [0.15, 0.2) is 11.6 Å². The van der Waals surface area contributed by atoms with E-state index in [2.05, 4.69) is 15.3 Å². The van der Waals surface area contributed by atoms with Crippen LogP contribution in [0.3, 0.4) is 0 Å². The predicted molar refractivity (Wildman–Crippen MR) is 86.8 cm³/mol. The first-order valence-corrected chi connectivity index (χ1v) is 7.20. The summed E-state index contributed by atoms with van der Waals surface area (Å²) < 4.78 is 27.9. The van der Waals surface area contributed by atoms with Crippen LogP contribution in [0.15, 0.2) is 48.7 Å². The fourth-order valence-corrected chi connectivity index (χ4v) is 2.23. The van der Waals surface area contributed by atoms with Gasteiger partial charge in [-0.15, -0.1) is 0 Å². The average molecular weight is 343 g/mol. The van der Waals surface area contributed by atoms with Gasteiger partial charge in [0, 0.05) is 0 Å². The zero-order chi connectivity index (χ0) is 17.1. The van der Waals surface area contributed by atoms with Gasteiger partial charge in [-0.1, -0.05) is 18.2 Å². The maximum atomic E-state index is 14.3. The van der Waals surface area contributed by atoms with Crippen molar-refractivity contribution in [1.82, 2.24) is 9.97 Å². The van der Waals surface area contributed by atoms with Crippen LogP contribution in [0, 0.1) is 23.0 Å². The number of benzene rings is 2. The highest BCUT2D eigenvalue weighted by Crippen LogP contribution is 2.27. The second-order valence-corrected chi connectivity index (χ2v) is 5.18. The lowest BCUT2D eigenvalue weighted by Crippen LogP contribution is -2.00. The monoisotopic (exact) mass is 342 g/mol. The molecule has 7 heteroatoms. The molecule has 3 aromatic rings. The second kappa shape index (κ2) is 6.60. The van der Waals surface area contributed by atoms with E-state index >= 15 is 0 Å². The minimum Gasteiger partial charge on any atom is -0.335 e. The molecular weight excluding hydrogens is 334 g/mol. The summed E-state index contributed by atoms with van der Waals surface area (Å²) >= 11 is 5.61. The van der Waals surface area contributed by atoms with Gasteiger partial charge in [0.1, 0.15) is 5.82 Å². The molecule has 0 saturated heterocycles. The number of nitriles is 1. The molecule has 0 aliphatic rings. The SMILES string of the molecule is N#Cc1ccc(-c2ccc(Nc3nc(Cl)ncc3F)c(F)c2)cc1. The van der Waals surface area contributed by atoms with Gasteiger partial charge >= 0.3 is 0 Å². The molecule has 0 aliphatic carbocycles. The molecular formula is C17H9ClF2N4. The van der Waals surface area contributed by atoms with E-state index in [-0.39, 0.29) is 16.8 Å². The van der Waals surface area contributed by atoms with Crippen molar-refractivity contribution in [2.75, 3.05) is 5.32 Å². The van der Waals surface area contributed by atoms with Gasteiger partial charge in [-0.3, -0.25) is 0 Å². The number of rotatable bonds is 3. The summed E-state index contributed by atoms with van der Waals surface area (Å²) in [5.74, 6) is -1.53. The largest absolute Gasteiger partial charge is 0.335 e. The third-order valence-corrected chi connectivity index (χ3v) is 3.47. The summed E-state index contributed by atoms with van der Waals surface area (Å²) in [5.41, 5.74) is 1.97. The fraction of sp³-hybridized carbons (Fsp3) is 0. The topological polar surface area (TPSA) is 61.6 Å². The highest BCUT2D eigenvalue weighted by atomic mass is 35.5. The first kappa shape index (κ1) is 15.8. The Labute approximate surface area is 141 Å². The van der Waals surface area contributed by atoms with Crippen LogP contribution in [0.25, 0.3) is 11.1 Å². The number of halogens is 3. The molecule has 0 unspecified atom stereocenters. The summed E-state index contributed by atoms with van der Waals surface area (Å²) in [6.07, 6.45) is 0.903. The summed E-state index contributed by atoms with van der Waals surface area (Å²) in [4.78, 5) is 7.17. The van der Waals surface area contributed by atoms with E-state index < -0.39 is 11.6 Å². The third kappa shape index (κ3) is 3.31. The number of hydrogen-bond acceptors (Lipinski definition) is 4. The molecule has 4 nitrogen and oxygen atoms in total. The highest BCUT2D eigenvalue weighted by molar-refractivity contribution is 6.28. The van der Waals surface area contributed by atoms with Crippen molar-refractivity contribution in [2.24, 2.45) is 0 Å². The van der Waals surface area contributed by atoms with E-state index in [9.17, 15) is 8.78 Å². The predicted octanol–water partition coefficient (Wildman–Crippen LogP) is 4.69. The van der Waals surface area contributed by atoms with Gasteiger partial charge < -0.3 is 5.32 Å². The summed E-state index contributed by atoms with van der Waals surface area (Å²) in [5, 5.41) is 11.2. The Balaban J connectivity index is 1.89. The molecule has 24 heavy (non-hydrogen) atoms. The van der Waals surface area contributed by atoms with Crippen LogP contribution >= 0.6 is 11.6 Å². The van der Waals surface area contributed by atoms with Gasteiger partial charge in [-0.25, -0.2) is 13.8 Å². The van der Waals surface area contributed by atoms with Gasteiger partial charge in [-0.05, 0) is 47.0 Å². The van der Waals surface area contributed by atoms with Crippen molar-refractivity contribution in [3.05, 3.63) is 71.1 Å². The van der Waals surface area contributed by atoms with Crippen LogP contribution < -0.4 is 5.32 Å². The Kier molecular flexibility index (Phi) is 4.36. The zero-order valence-corrected chi connectivity index (χ0v) is 12.9. The van der Waals surface area contributed by atoms with Crippen molar-refractivity contribution in [3.63, 3.8) is 0 Å². The highest BCUT2D eigenvalue weighted by Gasteiger charge is 2.10. The van der Waals surface area contributed by atoms with E-state index in [4.69, 9.17) is 16.9 Å². The van der Waals surface area contributed by atoms with Gasteiger partial charge in [0.25, 0.3) is 0 Å². The third-order valence-electron chi connectivity index (χ3n) is 3.28. The number of hydrogen-bond donors (Lipinski definition) is 1. The molecule has 1 aromatic heterocycles. The van der Waals surface area contributed by atoms with Crippen LogP contribution in [0.4, 0.5) is 20.3 Å². The van der Waals surface area contributed by atoms with E-state index in [0.717, 1.165) is 11.8 Å². The molecule has 1 heterocycles. The lowest BCUT2D eigenvalue weighted by atomic mass is 10.0. The van der Waals surface area contributed by atoms with E-state index in [1.54, 1.807) is 30.3 Å². The Morgan fingerprint density at radius 3 is 2.38 bits per heavy atom. The molecule has 3 rings (SSSR count). The first-order chi connectivity index (χ1) is 11.6. The van der Waals surface area contributed by atoms with E-state index in [0.29, 0.717) is 11.1 Å². The maximum absolute atomic E-state index is 14.3. The Bertz CT molecular complexity index is 936. The van der Waals surface area contributed by atoms with Crippen LogP contribution in [0.2, 0.25) is 5.28 Å². The second-order valence-electron chi connectivity index (χ2n) is 4.84. The molecule has 0 radical (unpaired) electrons. The molecule has 0 spiro atoms. The number of aromatic nitrogens is 2. The summed E-state index contributed by atoms with van der Waals surface area (Å²) in [6.45, 7) is 0. The summed E-state index contributed by atoms with van der Waals surface area (Å²) in [7, 11) is 0. The van der Waals surface area contributed by atoms with E-state index in [1.165, 1.54) is 12.1 Å².